The molecule has 1 saturated heterocycles. The number of aromatic nitrogens is 1. The molecular formula is C16H17N3O3. The smallest absolute Gasteiger partial charge is 0.257 e. The van der Waals surface area contributed by atoms with E-state index in [9.17, 15) is 9.59 Å². The molecule has 2 heterocycles. The number of likely N-dealkylation sites (N-methyl/N-ethyl adjacent to an activating group) is 1. The van der Waals surface area contributed by atoms with E-state index in [4.69, 9.17) is 4.52 Å². The number of hydrogen-bond donors (Lipinski definition) is 1. The maximum atomic E-state index is 12.4. The second kappa shape index (κ2) is 6.01. The van der Waals surface area contributed by atoms with Gasteiger partial charge in [-0.05, 0) is 6.42 Å². The molecule has 6 nitrogen and oxygen atoms in total. The molecule has 1 aliphatic rings. The summed E-state index contributed by atoms with van der Waals surface area (Å²) in [5.41, 5.74) is 1.77. The van der Waals surface area contributed by atoms with Crippen molar-refractivity contribution in [1.82, 2.24) is 15.4 Å². The second-order valence-electron chi connectivity index (χ2n) is 5.43. The Balaban J connectivity index is 1.74. The number of likely N-dealkylation sites (tertiary alicyclic amines) is 1. The molecule has 1 aliphatic heterocycles. The minimum atomic E-state index is -0.229. The molecule has 1 N–H and O–H groups in total. The Bertz CT molecular complexity index is 681. The highest BCUT2D eigenvalue weighted by atomic mass is 16.5. The lowest BCUT2D eigenvalue weighted by molar-refractivity contribution is -0.132. The van der Waals surface area contributed by atoms with Gasteiger partial charge in [-0.25, -0.2) is 0 Å². The maximum absolute atomic E-state index is 12.4. The second-order valence-corrected chi connectivity index (χ2v) is 5.43. The Kier molecular flexibility index (Phi) is 3.91. The summed E-state index contributed by atoms with van der Waals surface area (Å²) >= 11 is 0. The minimum Gasteiger partial charge on any atom is -0.363 e. The average molecular weight is 299 g/mol. The van der Waals surface area contributed by atoms with E-state index in [-0.39, 0.29) is 17.9 Å². The SMILES string of the molecule is CN1C[C@@H](NC(=O)c2conc2-c2ccccc2)CCC1=O. The van der Waals surface area contributed by atoms with Crippen molar-refractivity contribution in [2.45, 2.75) is 18.9 Å². The first-order chi connectivity index (χ1) is 10.6. The molecule has 1 fully saturated rings. The summed E-state index contributed by atoms with van der Waals surface area (Å²) in [5.74, 6) is -0.117. The van der Waals surface area contributed by atoms with Crippen LogP contribution in [-0.2, 0) is 4.79 Å². The summed E-state index contributed by atoms with van der Waals surface area (Å²) in [6.07, 6.45) is 2.47. The summed E-state index contributed by atoms with van der Waals surface area (Å²) in [7, 11) is 1.75. The largest absolute Gasteiger partial charge is 0.363 e. The van der Waals surface area contributed by atoms with Gasteiger partial charge in [0.15, 0.2) is 0 Å². The molecule has 1 aromatic carbocycles. The summed E-state index contributed by atoms with van der Waals surface area (Å²) in [6.45, 7) is 0.524. The third kappa shape index (κ3) is 2.86. The molecule has 1 aromatic heterocycles. The van der Waals surface area contributed by atoms with E-state index in [0.717, 1.165) is 5.56 Å². The van der Waals surface area contributed by atoms with Gasteiger partial charge in [0.05, 0.1) is 0 Å². The van der Waals surface area contributed by atoms with Gasteiger partial charge in [0.1, 0.15) is 17.5 Å². The van der Waals surface area contributed by atoms with Gasteiger partial charge in [-0.3, -0.25) is 9.59 Å². The molecule has 0 bridgehead atoms. The summed E-state index contributed by atoms with van der Waals surface area (Å²) in [5, 5.41) is 6.88. The van der Waals surface area contributed by atoms with Crippen LogP contribution in [0.15, 0.2) is 41.1 Å². The fourth-order valence-corrected chi connectivity index (χ4v) is 2.60. The third-order valence-electron chi connectivity index (χ3n) is 3.82. The van der Waals surface area contributed by atoms with Gasteiger partial charge in [0.25, 0.3) is 5.91 Å². The zero-order chi connectivity index (χ0) is 15.5. The highest BCUT2D eigenvalue weighted by Gasteiger charge is 2.26. The van der Waals surface area contributed by atoms with Crippen LogP contribution < -0.4 is 5.32 Å². The monoisotopic (exact) mass is 299 g/mol. The van der Waals surface area contributed by atoms with E-state index in [2.05, 4.69) is 10.5 Å². The van der Waals surface area contributed by atoms with Crippen molar-refractivity contribution in [1.29, 1.82) is 0 Å². The summed E-state index contributed by atoms with van der Waals surface area (Å²) in [6, 6.07) is 9.37. The normalized spacial score (nSPS) is 18.3. The van der Waals surface area contributed by atoms with Crippen molar-refractivity contribution in [2.24, 2.45) is 0 Å². The van der Waals surface area contributed by atoms with E-state index in [0.29, 0.717) is 30.6 Å². The Hall–Kier alpha value is -2.63. The lowest BCUT2D eigenvalue weighted by Gasteiger charge is -2.30. The van der Waals surface area contributed by atoms with Crippen LogP contribution in [-0.4, -0.2) is 41.5 Å². The van der Waals surface area contributed by atoms with Gasteiger partial charge in [-0.2, -0.15) is 0 Å². The van der Waals surface area contributed by atoms with Gasteiger partial charge in [0, 0.05) is 31.6 Å². The van der Waals surface area contributed by atoms with Gasteiger partial charge in [-0.15, -0.1) is 0 Å². The highest BCUT2D eigenvalue weighted by molar-refractivity contribution is 5.99. The Morgan fingerprint density at radius 2 is 2.14 bits per heavy atom. The van der Waals surface area contributed by atoms with Crippen LogP contribution in [0.1, 0.15) is 23.2 Å². The molecule has 6 heteroatoms. The molecule has 0 unspecified atom stereocenters. The molecule has 0 radical (unpaired) electrons. The summed E-state index contributed by atoms with van der Waals surface area (Å²) in [4.78, 5) is 25.6. The van der Waals surface area contributed by atoms with Crippen molar-refractivity contribution < 1.29 is 14.1 Å². The fourth-order valence-electron chi connectivity index (χ4n) is 2.60. The van der Waals surface area contributed by atoms with Gasteiger partial charge in [-0.1, -0.05) is 35.5 Å². The maximum Gasteiger partial charge on any atom is 0.257 e. The van der Waals surface area contributed by atoms with Crippen LogP contribution in [0.4, 0.5) is 0 Å². The van der Waals surface area contributed by atoms with E-state index in [1.54, 1.807) is 11.9 Å². The number of hydrogen-bond acceptors (Lipinski definition) is 4. The molecule has 22 heavy (non-hydrogen) atoms. The van der Waals surface area contributed by atoms with Crippen molar-refractivity contribution in [3.05, 3.63) is 42.2 Å². The first-order valence-electron chi connectivity index (χ1n) is 7.20. The quantitative estimate of drug-likeness (QED) is 0.936. The van der Waals surface area contributed by atoms with Crippen molar-refractivity contribution in [3.8, 4) is 11.3 Å². The highest BCUT2D eigenvalue weighted by Crippen LogP contribution is 2.22. The number of carbonyl (C=O) groups excluding carboxylic acids is 2. The molecule has 0 spiro atoms. The molecule has 2 amide bonds. The van der Waals surface area contributed by atoms with Crippen molar-refractivity contribution in [2.75, 3.05) is 13.6 Å². The molecule has 114 valence electrons. The standard InChI is InChI=1S/C16H17N3O3/c1-19-9-12(7-8-14(19)20)17-16(21)13-10-22-18-15(13)11-5-3-2-4-6-11/h2-6,10,12H,7-9H2,1H3,(H,17,21)/t12-/m0/s1. The predicted octanol–water partition coefficient (Wildman–Crippen LogP) is 1.69. The van der Waals surface area contributed by atoms with Gasteiger partial charge >= 0.3 is 0 Å². The number of amides is 2. The summed E-state index contributed by atoms with van der Waals surface area (Å²) < 4.78 is 4.97. The molecule has 2 aromatic rings. The van der Waals surface area contributed by atoms with Crippen molar-refractivity contribution in [3.63, 3.8) is 0 Å². The lowest BCUT2D eigenvalue weighted by Crippen LogP contribution is -2.48. The van der Waals surface area contributed by atoms with E-state index >= 15 is 0 Å². The number of rotatable bonds is 3. The minimum absolute atomic E-state index is 0.0475. The molecule has 0 saturated carbocycles. The number of piperidine rings is 1. The fraction of sp³-hybridized carbons (Fsp3) is 0.312. The number of nitrogens with one attached hydrogen (secondary N) is 1. The Labute approximate surface area is 128 Å². The lowest BCUT2D eigenvalue weighted by atomic mass is 10.0. The van der Waals surface area contributed by atoms with E-state index < -0.39 is 0 Å². The van der Waals surface area contributed by atoms with Crippen LogP contribution >= 0.6 is 0 Å². The first kappa shape index (κ1) is 14.3. The number of nitrogens with zero attached hydrogens (tertiary/aromatic N) is 2. The van der Waals surface area contributed by atoms with Crippen molar-refractivity contribution >= 4 is 11.8 Å². The molecular weight excluding hydrogens is 282 g/mol. The van der Waals surface area contributed by atoms with Crippen LogP contribution in [0.5, 0.6) is 0 Å². The van der Waals surface area contributed by atoms with E-state index in [1.165, 1.54) is 6.26 Å². The number of benzene rings is 1. The van der Waals surface area contributed by atoms with Crippen LogP contribution in [0.2, 0.25) is 0 Å². The first-order valence-corrected chi connectivity index (χ1v) is 7.20. The predicted molar refractivity (Wildman–Crippen MR) is 80.1 cm³/mol. The van der Waals surface area contributed by atoms with Crippen LogP contribution in [0.25, 0.3) is 11.3 Å². The zero-order valence-electron chi connectivity index (χ0n) is 12.3. The molecule has 3 rings (SSSR count). The Morgan fingerprint density at radius 1 is 1.36 bits per heavy atom. The molecule has 1 atom stereocenters. The van der Waals surface area contributed by atoms with Gasteiger partial charge < -0.3 is 14.7 Å². The van der Waals surface area contributed by atoms with Gasteiger partial charge in [0.2, 0.25) is 5.91 Å². The number of carbonyl (C=O) groups is 2. The third-order valence-corrected chi connectivity index (χ3v) is 3.82. The Morgan fingerprint density at radius 3 is 2.86 bits per heavy atom. The van der Waals surface area contributed by atoms with Crippen LogP contribution in [0, 0.1) is 0 Å². The topological polar surface area (TPSA) is 75.4 Å². The van der Waals surface area contributed by atoms with E-state index in [1.807, 2.05) is 30.3 Å². The zero-order valence-corrected chi connectivity index (χ0v) is 12.3. The molecule has 0 aliphatic carbocycles. The average Bonchev–Trinajstić information content (AvgIpc) is 3.01. The van der Waals surface area contributed by atoms with Crippen LogP contribution in [0.3, 0.4) is 0 Å².